The number of carbonyl (C=O) groups is 2. The maximum Gasteiger partial charge on any atom is 0.273 e. The Hall–Kier alpha value is -3.33. The molecule has 0 radical (unpaired) electrons. The normalized spacial score (nSPS) is 14.6. The Kier molecular flexibility index (Phi) is 8.08. The largest absolute Gasteiger partial charge is 0.454 e. The zero-order valence-corrected chi connectivity index (χ0v) is 22.2. The van der Waals surface area contributed by atoms with Gasteiger partial charge in [-0.3, -0.25) is 9.59 Å². The highest BCUT2D eigenvalue weighted by atomic mass is 79.9. The molecule has 5 rings (SSSR count). The molecule has 2 amide bonds. The lowest BCUT2D eigenvalue weighted by molar-refractivity contribution is -0.133. The molecule has 2 heterocycles. The second kappa shape index (κ2) is 11.8. The molecule has 1 aliphatic carbocycles. The van der Waals surface area contributed by atoms with Crippen LogP contribution in [0.5, 0.6) is 11.5 Å². The number of amides is 2. The first-order valence-electron chi connectivity index (χ1n) is 12.7. The van der Waals surface area contributed by atoms with Crippen molar-refractivity contribution in [2.75, 3.05) is 6.79 Å². The van der Waals surface area contributed by atoms with Gasteiger partial charge < -0.3 is 24.2 Å². The van der Waals surface area contributed by atoms with E-state index in [1.165, 1.54) is 25.7 Å². The zero-order valence-electron chi connectivity index (χ0n) is 20.6. The van der Waals surface area contributed by atoms with Crippen molar-refractivity contribution in [2.45, 2.75) is 58.2 Å². The average molecular weight is 568 g/mol. The summed E-state index contributed by atoms with van der Waals surface area (Å²) < 4.78 is 17.1. The van der Waals surface area contributed by atoms with Crippen LogP contribution in [-0.4, -0.2) is 28.7 Å². The molecule has 9 heteroatoms. The van der Waals surface area contributed by atoms with Crippen molar-refractivity contribution in [3.8, 4) is 11.5 Å². The van der Waals surface area contributed by atoms with Crippen molar-refractivity contribution in [3.63, 3.8) is 0 Å². The third-order valence-corrected chi connectivity index (χ3v) is 7.38. The van der Waals surface area contributed by atoms with E-state index in [2.05, 4.69) is 26.4 Å². The van der Waals surface area contributed by atoms with Crippen molar-refractivity contribution >= 4 is 27.7 Å². The summed E-state index contributed by atoms with van der Waals surface area (Å²) in [4.78, 5) is 27.7. The second-order valence-electron chi connectivity index (χ2n) is 9.62. The molecule has 0 unspecified atom stereocenters. The first-order chi connectivity index (χ1) is 18.0. The predicted octanol–water partition coefficient (Wildman–Crippen LogP) is 5.60. The molecule has 2 aromatic carbocycles. The third-order valence-electron chi connectivity index (χ3n) is 6.88. The van der Waals surface area contributed by atoms with Crippen LogP contribution in [0.15, 0.2) is 57.5 Å². The predicted molar refractivity (Wildman–Crippen MR) is 140 cm³/mol. The second-order valence-corrected chi connectivity index (χ2v) is 10.5. The molecular formula is C28H30BrN3O5. The number of halogens is 1. The molecule has 8 nitrogen and oxygen atoms in total. The van der Waals surface area contributed by atoms with Crippen LogP contribution in [0.2, 0.25) is 0 Å². The van der Waals surface area contributed by atoms with Crippen LogP contribution >= 0.6 is 15.9 Å². The fourth-order valence-corrected chi connectivity index (χ4v) is 5.33. The van der Waals surface area contributed by atoms with Crippen LogP contribution in [0.4, 0.5) is 0 Å². The molecule has 194 valence electrons. The van der Waals surface area contributed by atoms with Gasteiger partial charge in [-0.2, -0.15) is 0 Å². The van der Waals surface area contributed by atoms with E-state index in [1.807, 2.05) is 42.5 Å². The highest BCUT2D eigenvalue weighted by molar-refractivity contribution is 9.10. The molecule has 1 saturated carbocycles. The van der Waals surface area contributed by atoms with Crippen molar-refractivity contribution in [1.82, 2.24) is 15.4 Å². The highest BCUT2D eigenvalue weighted by Gasteiger charge is 2.22. The number of fused-ring (bicyclic) bond motifs is 1. The number of rotatable bonds is 10. The number of carbonyl (C=O) groups excluding carboxylic acids is 2. The lowest BCUT2D eigenvalue weighted by Gasteiger charge is -2.22. The summed E-state index contributed by atoms with van der Waals surface area (Å²) in [6.07, 6.45) is 6.38. The summed E-state index contributed by atoms with van der Waals surface area (Å²) in [6.45, 7) is 1.22. The molecular weight excluding hydrogens is 538 g/mol. The fraction of sp³-hybridized carbons (Fsp3) is 0.393. The SMILES string of the molecule is O=C(NCc1ccc2c(c1)OCO2)c1cc(CN(Cc2cccc(Br)c2)C(=O)CCC2CCCC2)on1. The Balaban J connectivity index is 1.21. The van der Waals surface area contributed by atoms with Crippen molar-refractivity contribution in [2.24, 2.45) is 5.92 Å². The molecule has 1 N–H and O–H groups in total. The minimum absolute atomic E-state index is 0.0806. The maximum atomic E-state index is 13.2. The molecule has 0 atom stereocenters. The van der Waals surface area contributed by atoms with Gasteiger partial charge >= 0.3 is 0 Å². The zero-order chi connectivity index (χ0) is 25.6. The Morgan fingerprint density at radius 2 is 1.84 bits per heavy atom. The van der Waals surface area contributed by atoms with Crippen molar-refractivity contribution in [1.29, 1.82) is 0 Å². The van der Waals surface area contributed by atoms with Crippen LogP contribution < -0.4 is 14.8 Å². The highest BCUT2D eigenvalue weighted by Crippen LogP contribution is 2.32. The van der Waals surface area contributed by atoms with Gasteiger partial charge in [-0.1, -0.05) is 65.0 Å². The summed E-state index contributed by atoms with van der Waals surface area (Å²) >= 11 is 3.51. The Morgan fingerprint density at radius 1 is 1.00 bits per heavy atom. The minimum Gasteiger partial charge on any atom is -0.454 e. The number of ether oxygens (including phenoxy) is 2. The van der Waals surface area contributed by atoms with E-state index in [0.29, 0.717) is 42.7 Å². The van der Waals surface area contributed by atoms with E-state index < -0.39 is 0 Å². The molecule has 1 aromatic heterocycles. The molecule has 2 aliphatic rings. The third kappa shape index (κ3) is 6.71. The lowest BCUT2D eigenvalue weighted by Crippen LogP contribution is -2.30. The Bertz CT molecular complexity index is 1250. The van der Waals surface area contributed by atoms with E-state index in [4.69, 9.17) is 14.0 Å². The van der Waals surface area contributed by atoms with Gasteiger partial charge in [0.15, 0.2) is 23.0 Å². The standard InChI is InChI=1S/C28H30BrN3O5/c29-22-7-3-6-21(12-22)16-32(27(33)11-9-19-4-1-2-5-19)17-23-14-24(31-37-23)28(34)30-15-20-8-10-25-26(13-20)36-18-35-25/h3,6-8,10,12-14,19H,1-2,4-5,9,11,15-18H2,(H,30,34). The van der Waals surface area contributed by atoms with Crippen LogP contribution in [0.1, 0.15) is 65.9 Å². The number of benzene rings is 2. The first-order valence-corrected chi connectivity index (χ1v) is 13.5. The first kappa shape index (κ1) is 25.3. The van der Waals surface area contributed by atoms with Gasteiger partial charge in [0.1, 0.15) is 0 Å². The molecule has 37 heavy (non-hydrogen) atoms. The van der Waals surface area contributed by atoms with Gasteiger partial charge in [-0.25, -0.2) is 0 Å². The summed E-state index contributed by atoms with van der Waals surface area (Å²) in [6, 6.07) is 15.1. The van der Waals surface area contributed by atoms with E-state index in [0.717, 1.165) is 22.0 Å². The quantitative estimate of drug-likeness (QED) is 0.343. The number of hydrogen-bond donors (Lipinski definition) is 1. The lowest BCUT2D eigenvalue weighted by atomic mass is 10.0. The van der Waals surface area contributed by atoms with Crippen LogP contribution in [0, 0.1) is 5.92 Å². The molecule has 0 saturated heterocycles. The van der Waals surface area contributed by atoms with Gasteiger partial charge in [0.2, 0.25) is 12.7 Å². The average Bonchev–Trinajstić information content (AvgIpc) is 3.67. The molecule has 0 bridgehead atoms. The molecule has 1 fully saturated rings. The van der Waals surface area contributed by atoms with E-state index in [-0.39, 0.29) is 30.8 Å². The van der Waals surface area contributed by atoms with Gasteiger partial charge in [0.05, 0.1) is 6.54 Å². The maximum absolute atomic E-state index is 13.2. The van der Waals surface area contributed by atoms with Gasteiger partial charge in [0.25, 0.3) is 5.91 Å². The van der Waals surface area contributed by atoms with Gasteiger partial charge in [-0.15, -0.1) is 0 Å². The minimum atomic E-state index is -0.348. The topological polar surface area (TPSA) is 93.9 Å². The monoisotopic (exact) mass is 567 g/mol. The summed E-state index contributed by atoms with van der Waals surface area (Å²) in [5.41, 5.74) is 2.08. The summed E-state index contributed by atoms with van der Waals surface area (Å²) in [5.74, 6) is 2.20. The van der Waals surface area contributed by atoms with Crippen LogP contribution in [0.25, 0.3) is 0 Å². The van der Waals surface area contributed by atoms with Gasteiger partial charge in [0, 0.05) is 30.0 Å². The van der Waals surface area contributed by atoms with Crippen LogP contribution in [0.3, 0.4) is 0 Å². The van der Waals surface area contributed by atoms with Crippen molar-refractivity contribution < 1.29 is 23.6 Å². The van der Waals surface area contributed by atoms with E-state index in [9.17, 15) is 9.59 Å². The summed E-state index contributed by atoms with van der Waals surface area (Å²) in [5, 5.41) is 6.80. The molecule has 1 aliphatic heterocycles. The Labute approximate surface area is 224 Å². The fourth-order valence-electron chi connectivity index (χ4n) is 4.88. The Morgan fingerprint density at radius 3 is 2.68 bits per heavy atom. The van der Waals surface area contributed by atoms with E-state index >= 15 is 0 Å². The van der Waals surface area contributed by atoms with E-state index in [1.54, 1.807) is 11.0 Å². The number of hydrogen-bond acceptors (Lipinski definition) is 6. The number of aromatic nitrogens is 1. The smallest absolute Gasteiger partial charge is 0.273 e. The van der Waals surface area contributed by atoms with Crippen LogP contribution in [-0.2, 0) is 24.4 Å². The number of nitrogens with zero attached hydrogens (tertiary/aromatic N) is 2. The van der Waals surface area contributed by atoms with Gasteiger partial charge in [-0.05, 0) is 47.7 Å². The summed E-state index contributed by atoms with van der Waals surface area (Å²) in [7, 11) is 0. The molecule has 3 aromatic rings. The molecule has 0 spiro atoms. The van der Waals surface area contributed by atoms with Crippen molar-refractivity contribution in [3.05, 3.63) is 75.6 Å². The number of nitrogens with one attached hydrogen (secondary N) is 1.